The maximum Gasteiger partial charge on any atom is 0.327 e. The summed E-state index contributed by atoms with van der Waals surface area (Å²) in [5.74, 6) is 1.37. The second kappa shape index (κ2) is 8.65. The zero-order valence-electron chi connectivity index (χ0n) is 17.5. The van der Waals surface area contributed by atoms with Crippen molar-refractivity contribution in [1.29, 1.82) is 0 Å². The molecule has 3 heterocycles. The number of H-pyrrole nitrogens is 1. The van der Waals surface area contributed by atoms with Crippen molar-refractivity contribution in [3.63, 3.8) is 0 Å². The van der Waals surface area contributed by atoms with Gasteiger partial charge in [0, 0.05) is 43.1 Å². The number of nitrogens with zero attached hydrogens (tertiary/aromatic N) is 3. The summed E-state index contributed by atoms with van der Waals surface area (Å²) in [5.41, 5.74) is 15.7. The fraction of sp³-hybridized carbons (Fsp3) is 0.391. The third-order valence-electron chi connectivity index (χ3n) is 5.99. The fourth-order valence-electron chi connectivity index (χ4n) is 3.63. The van der Waals surface area contributed by atoms with Gasteiger partial charge in [0.2, 0.25) is 0 Å². The smallest absolute Gasteiger partial charge is 0.327 e. The molecule has 2 fully saturated rings. The monoisotopic (exact) mass is 406 g/mol. The highest BCUT2D eigenvalue weighted by Gasteiger charge is 2.15. The summed E-state index contributed by atoms with van der Waals surface area (Å²) in [6.07, 6.45) is 10.3. The van der Waals surface area contributed by atoms with Crippen LogP contribution in [0.15, 0.2) is 41.3 Å². The summed E-state index contributed by atoms with van der Waals surface area (Å²) in [6, 6.07) is 9.82. The van der Waals surface area contributed by atoms with Crippen molar-refractivity contribution in [2.24, 2.45) is 7.05 Å². The number of anilines is 3. The van der Waals surface area contributed by atoms with Gasteiger partial charge in [0.25, 0.3) is 0 Å². The Balaban J connectivity index is 0.000000489. The van der Waals surface area contributed by atoms with Crippen LogP contribution in [-0.4, -0.2) is 27.6 Å². The van der Waals surface area contributed by atoms with E-state index >= 15 is 0 Å². The van der Waals surface area contributed by atoms with Crippen molar-refractivity contribution in [2.45, 2.75) is 38.5 Å². The van der Waals surface area contributed by atoms with Gasteiger partial charge in [-0.2, -0.15) is 0 Å². The molecule has 2 aromatic heterocycles. The Morgan fingerprint density at radius 3 is 2.13 bits per heavy atom. The molecule has 1 saturated heterocycles. The van der Waals surface area contributed by atoms with Gasteiger partial charge in [0.05, 0.1) is 5.69 Å². The molecule has 1 aliphatic heterocycles. The number of benzene rings is 1. The van der Waals surface area contributed by atoms with E-state index in [9.17, 15) is 4.79 Å². The van der Waals surface area contributed by atoms with Crippen molar-refractivity contribution >= 4 is 17.3 Å². The average molecular weight is 407 g/mol. The minimum Gasteiger partial charge on any atom is -0.398 e. The summed E-state index contributed by atoms with van der Waals surface area (Å²) < 4.78 is 1.37. The van der Waals surface area contributed by atoms with Crippen molar-refractivity contribution in [1.82, 2.24) is 14.5 Å². The molecular formula is C23H30N6O. The number of hydrogen-bond donors (Lipinski definition) is 3. The Morgan fingerprint density at radius 1 is 0.933 bits per heavy atom. The van der Waals surface area contributed by atoms with Crippen LogP contribution in [0.3, 0.4) is 0 Å². The van der Waals surface area contributed by atoms with E-state index < -0.39 is 0 Å². The van der Waals surface area contributed by atoms with Gasteiger partial charge < -0.3 is 21.4 Å². The summed E-state index contributed by atoms with van der Waals surface area (Å²) in [6.45, 7) is 2.14. The lowest BCUT2D eigenvalue weighted by Gasteiger charge is -2.16. The number of aromatic nitrogens is 3. The van der Waals surface area contributed by atoms with Gasteiger partial charge in [-0.05, 0) is 42.7 Å². The Bertz CT molecular complexity index is 1050. The topological polar surface area (TPSA) is 106 Å². The number of imidazole rings is 1. The number of nitrogens with two attached hydrogens (primary N) is 2. The van der Waals surface area contributed by atoms with Gasteiger partial charge in [0.15, 0.2) is 0 Å². The molecule has 0 atom stereocenters. The van der Waals surface area contributed by atoms with Gasteiger partial charge in [-0.25, -0.2) is 9.78 Å². The molecule has 1 aromatic carbocycles. The molecular weight excluding hydrogens is 376 g/mol. The number of pyridine rings is 1. The van der Waals surface area contributed by atoms with Crippen molar-refractivity contribution in [3.8, 4) is 22.4 Å². The molecule has 7 heteroatoms. The number of hydrogen-bond acceptors (Lipinski definition) is 5. The Kier molecular flexibility index (Phi) is 5.79. The fourth-order valence-corrected chi connectivity index (χ4v) is 3.63. The van der Waals surface area contributed by atoms with Crippen LogP contribution >= 0.6 is 0 Å². The molecule has 5 rings (SSSR count). The van der Waals surface area contributed by atoms with Gasteiger partial charge in [0.1, 0.15) is 11.6 Å². The van der Waals surface area contributed by atoms with Crippen LogP contribution < -0.4 is 22.1 Å². The van der Waals surface area contributed by atoms with E-state index in [2.05, 4.69) is 27.0 Å². The Morgan fingerprint density at radius 2 is 1.60 bits per heavy atom. The molecule has 0 amide bonds. The first-order valence-corrected chi connectivity index (χ1v) is 10.7. The van der Waals surface area contributed by atoms with Gasteiger partial charge in [-0.15, -0.1) is 0 Å². The second-order valence-corrected chi connectivity index (χ2v) is 8.06. The van der Waals surface area contributed by atoms with Crippen LogP contribution in [0.2, 0.25) is 0 Å². The maximum atomic E-state index is 11.8. The Hall–Kier alpha value is -3.22. The molecule has 5 N–H and O–H groups in total. The van der Waals surface area contributed by atoms with Crippen LogP contribution in [0.5, 0.6) is 0 Å². The standard InChI is InChI=1S/C19H22N6O.C4H8/c1-24-18(21)17(23-19(24)26)14-10-12(4-6-15(14)20)13-5-7-16(22-11-13)25-8-2-3-9-25;1-2-4-3-1/h4-7,10-11H,2-3,8-9,20-21H2,1H3,(H,23,26);1-4H2. The van der Waals surface area contributed by atoms with Gasteiger partial charge in [-0.3, -0.25) is 4.57 Å². The van der Waals surface area contributed by atoms with Crippen LogP contribution in [0.1, 0.15) is 38.5 Å². The van der Waals surface area contributed by atoms with E-state index in [4.69, 9.17) is 11.5 Å². The number of aromatic amines is 1. The van der Waals surface area contributed by atoms with Crippen molar-refractivity contribution in [2.75, 3.05) is 29.5 Å². The first-order valence-electron chi connectivity index (χ1n) is 10.7. The molecule has 0 radical (unpaired) electrons. The summed E-state index contributed by atoms with van der Waals surface area (Å²) >= 11 is 0. The lowest BCUT2D eigenvalue weighted by Crippen LogP contribution is -2.18. The first-order chi connectivity index (χ1) is 14.5. The zero-order chi connectivity index (χ0) is 21.1. The highest BCUT2D eigenvalue weighted by Crippen LogP contribution is 2.32. The predicted octanol–water partition coefficient (Wildman–Crippen LogP) is 3.77. The molecule has 0 spiro atoms. The first kappa shape index (κ1) is 20.1. The van der Waals surface area contributed by atoms with E-state index in [0.717, 1.165) is 30.0 Å². The van der Waals surface area contributed by atoms with E-state index in [1.165, 1.54) is 43.1 Å². The third-order valence-corrected chi connectivity index (χ3v) is 5.99. The maximum absolute atomic E-state index is 11.8. The molecule has 1 saturated carbocycles. The Labute approximate surface area is 176 Å². The van der Waals surface area contributed by atoms with Crippen LogP contribution in [0.25, 0.3) is 22.4 Å². The number of rotatable bonds is 3. The zero-order valence-corrected chi connectivity index (χ0v) is 17.5. The van der Waals surface area contributed by atoms with Crippen molar-refractivity contribution < 1.29 is 0 Å². The van der Waals surface area contributed by atoms with Gasteiger partial charge >= 0.3 is 5.69 Å². The van der Waals surface area contributed by atoms with Gasteiger partial charge in [-0.1, -0.05) is 31.7 Å². The molecule has 158 valence electrons. The normalized spacial score (nSPS) is 15.4. The highest BCUT2D eigenvalue weighted by atomic mass is 16.1. The molecule has 7 nitrogen and oxygen atoms in total. The number of nitrogens with one attached hydrogen (secondary N) is 1. The molecule has 30 heavy (non-hydrogen) atoms. The molecule has 1 aliphatic carbocycles. The van der Waals surface area contributed by atoms with E-state index in [1.54, 1.807) is 7.05 Å². The van der Waals surface area contributed by atoms with Crippen LogP contribution in [0.4, 0.5) is 17.3 Å². The van der Waals surface area contributed by atoms with E-state index in [1.807, 2.05) is 24.4 Å². The minimum atomic E-state index is -0.265. The van der Waals surface area contributed by atoms with Crippen LogP contribution in [0, 0.1) is 0 Å². The summed E-state index contributed by atoms with van der Waals surface area (Å²) in [4.78, 5) is 21.5. The lowest BCUT2D eigenvalue weighted by atomic mass is 10.0. The average Bonchev–Trinajstić information content (AvgIpc) is 3.33. The molecule has 2 aliphatic rings. The van der Waals surface area contributed by atoms with E-state index in [0.29, 0.717) is 22.8 Å². The van der Waals surface area contributed by atoms with Crippen LogP contribution in [-0.2, 0) is 7.05 Å². The largest absolute Gasteiger partial charge is 0.398 e. The quantitative estimate of drug-likeness (QED) is 0.574. The second-order valence-electron chi connectivity index (χ2n) is 8.06. The lowest BCUT2D eigenvalue weighted by molar-refractivity contribution is 0.504. The van der Waals surface area contributed by atoms with E-state index in [-0.39, 0.29) is 5.69 Å². The summed E-state index contributed by atoms with van der Waals surface area (Å²) in [5, 5.41) is 0. The minimum absolute atomic E-state index is 0.265. The summed E-state index contributed by atoms with van der Waals surface area (Å²) in [7, 11) is 1.62. The predicted molar refractivity (Wildman–Crippen MR) is 123 cm³/mol. The third kappa shape index (κ3) is 4.06. The molecule has 0 bridgehead atoms. The molecule has 3 aromatic rings. The number of nitrogen functional groups attached to an aromatic ring is 2. The van der Waals surface area contributed by atoms with Crippen molar-refractivity contribution in [3.05, 3.63) is 47.0 Å². The highest BCUT2D eigenvalue weighted by molar-refractivity contribution is 5.84. The molecule has 0 unspecified atom stereocenters. The SMILES string of the molecule is C1CCC1.Cn1c(N)c(-c2cc(-c3ccc(N4CCCC4)nc3)ccc2N)[nH]c1=O.